The van der Waals surface area contributed by atoms with Crippen LogP contribution in [0.2, 0.25) is 0 Å². The number of allylic oxidation sites excluding steroid dienone is 4. The summed E-state index contributed by atoms with van der Waals surface area (Å²) < 4.78 is 75.2. The van der Waals surface area contributed by atoms with Crippen molar-refractivity contribution in [3.8, 4) is 24.1 Å². The van der Waals surface area contributed by atoms with Gasteiger partial charge in [0, 0.05) is 0 Å². The standard InChI is InChI=1S/C27H22N4O10S2/c1-3-40-24-22(26(32)30(28-24)18-10-14-20(15-11-18)42(34,35)36)8-6-5-7-9-23-25(41-4-2)29-31(27(23)33)19-12-16-21(17-13-19)43(37,38)39/h1,5-17,29H,4H2,2H3,(H,34,35,36)(H,37,38,39)/b6-5?,9-7?,22-8-. The third-order valence-electron chi connectivity index (χ3n) is 5.70. The Morgan fingerprint density at radius 1 is 0.930 bits per heavy atom. The van der Waals surface area contributed by atoms with Gasteiger partial charge in [-0.1, -0.05) is 24.7 Å². The fraction of sp³-hybridized carbons (Fsp3) is 0.0741. The van der Waals surface area contributed by atoms with E-state index in [0.717, 1.165) is 34.0 Å². The van der Waals surface area contributed by atoms with E-state index in [2.05, 4.69) is 10.2 Å². The summed E-state index contributed by atoms with van der Waals surface area (Å²) in [5, 5.41) is 7.78. The van der Waals surface area contributed by atoms with Crippen LogP contribution in [-0.4, -0.2) is 54.1 Å². The van der Waals surface area contributed by atoms with Crippen LogP contribution in [0.4, 0.5) is 5.69 Å². The summed E-state index contributed by atoms with van der Waals surface area (Å²) >= 11 is 0. The van der Waals surface area contributed by atoms with E-state index in [9.17, 15) is 31.0 Å². The van der Waals surface area contributed by atoms with Crippen molar-refractivity contribution in [2.45, 2.75) is 16.7 Å². The van der Waals surface area contributed by atoms with Gasteiger partial charge in [-0.05, 0) is 67.6 Å². The van der Waals surface area contributed by atoms with Crippen LogP contribution in [0.5, 0.6) is 5.88 Å². The lowest BCUT2D eigenvalue weighted by Crippen LogP contribution is -2.21. The lowest BCUT2D eigenvalue weighted by Gasteiger charge is -2.11. The zero-order valence-electron chi connectivity index (χ0n) is 22.1. The molecule has 0 fully saturated rings. The van der Waals surface area contributed by atoms with Crippen LogP contribution in [0, 0.1) is 12.5 Å². The average molecular weight is 627 g/mol. The van der Waals surface area contributed by atoms with Gasteiger partial charge < -0.3 is 9.47 Å². The van der Waals surface area contributed by atoms with Gasteiger partial charge in [0.05, 0.1) is 27.8 Å². The van der Waals surface area contributed by atoms with Crippen molar-refractivity contribution in [2.75, 3.05) is 11.6 Å². The van der Waals surface area contributed by atoms with E-state index in [4.69, 9.17) is 20.4 Å². The lowest BCUT2D eigenvalue weighted by atomic mass is 10.2. The highest BCUT2D eigenvalue weighted by atomic mass is 32.2. The summed E-state index contributed by atoms with van der Waals surface area (Å²) in [5.74, 6) is -0.675. The molecule has 3 N–H and O–H groups in total. The first-order valence-electron chi connectivity index (χ1n) is 12.1. The van der Waals surface area contributed by atoms with Gasteiger partial charge in [-0.2, -0.15) is 21.8 Å². The van der Waals surface area contributed by atoms with Crippen molar-refractivity contribution >= 4 is 43.8 Å². The molecule has 0 atom stereocenters. The Morgan fingerprint density at radius 2 is 1.51 bits per heavy atom. The lowest BCUT2D eigenvalue weighted by molar-refractivity contribution is -0.114. The number of hydrogen-bond acceptors (Lipinski definition) is 9. The van der Waals surface area contributed by atoms with E-state index < -0.39 is 31.7 Å². The maximum absolute atomic E-state index is 13.1. The third kappa shape index (κ3) is 6.82. The van der Waals surface area contributed by atoms with Crippen molar-refractivity contribution < 1.29 is 40.2 Å². The third-order valence-corrected chi connectivity index (χ3v) is 7.44. The number of aromatic amines is 1. The Kier molecular flexibility index (Phi) is 8.82. The minimum atomic E-state index is -4.43. The highest BCUT2D eigenvalue weighted by Gasteiger charge is 2.32. The number of rotatable bonds is 9. The molecule has 0 saturated carbocycles. The molecule has 222 valence electrons. The molecule has 1 aromatic heterocycles. The highest BCUT2D eigenvalue weighted by Crippen LogP contribution is 2.25. The summed E-state index contributed by atoms with van der Waals surface area (Å²) in [4.78, 5) is 25.4. The van der Waals surface area contributed by atoms with E-state index in [-0.39, 0.29) is 50.7 Å². The number of H-pyrrole nitrogens is 1. The van der Waals surface area contributed by atoms with Crippen LogP contribution in [-0.2, 0) is 29.8 Å². The maximum Gasteiger partial charge on any atom is 0.294 e. The molecule has 4 rings (SSSR count). The molecule has 0 unspecified atom stereocenters. The first-order chi connectivity index (χ1) is 20.3. The van der Waals surface area contributed by atoms with Crippen molar-refractivity contribution in [1.29, 1.82) is 0 Å². The second kappa shape index (κ2) is 12.3. The summed E-state index contributed by atoms with van der Waals surface area (Å²) in [6.07, 6.45) is 14.4. The maximum atomic E-state index is 13.1. The Balaban J connectivity index is 1.57. The minimum absolute atomic E-state index is 0.0196. The summed E-state index contributed by atoms with van der Waals surface area (Å²) in [6, 6.07) is 9.68. The average Bonchev–Trinajstić information content (AvgIpc) is 3.43. The number of anilines is 1. The first-order valence-corrected chi connectivity index (χ1v) is 15.0. The number of nitrogens with zero attached hydrogens (tertiary/aromatic N) is 3. The molecule has 1 aliphatic heterocycles. The second-order valence-electron chi connectivity index (χ2n) is 8.43. The number of benzene rings is 2. The van der Waals surface area contributed by atoms with Gasteiger partial charge in [-0.25, -0.2) is 4.68 Å². The molecule has 2 heterocycles. The molecule has 0 radical (unpaired) electrons. The van der Waals surface area contributed by atoms with Gasteiger partial charge in [0.2, 0.25) is 5.88 Å². The molecule has 0 aliphatic carbocycles. The Hall–Kier alpha value is -5.21. The fourth-order valence-electron chi connectivity index (χ4n) is 3.75. The van der Waals surface area contributed by atoms with Gasteiger partial charge in [0.15, 0.2) is 0 Å². The van der Waals surface area contributed by atoms with Gasteiger partial charge in [-0.15, -0.1) is 5.10 Å². The van der Waals surface area contributed by atoms with E-state index in [1.165, 1.54) is 54.6 Å². The molecule has 43 heavy (non-hydrogen) atoms. The van der Waals surface area contributed by atoms with Gasteiger partial charge in [-0.3, -0.25) is 23.8 Å². The smallest absolute Gasteiger partial charge is 0.294 e. The Morgan fingerprint density at radius 3 is 2.05 bits per heavy atom. The molecule has 0 saturated heterocycles. The molecule has 14 nitrogen and oxygen atoms in total. The predicted octanol–water partition coefficient (Wildman–Crippen LogP) is 2.52. The highest BCUT2D eigenvalue weighted by molar-refractivity contribution is 7.86. The monoisotopic (exact) mass is 626 g/mol. The first kappa shape index (κ1) is 30.7. The number of carbonyl (C=O) groups excluding carboxylic acids is 1. The number of nitrogens with one attached hydrogen (secondary N) is 1. The van der Waals surface area contributed by atoms with Gasteiger partial charge in [0.1, 0.15) is 17.2 Å². The van der Waals surface area contributed by atoms with Crippen molar-refractivity contribution in [3.05, 3.63) is 94.3 Å². The quantitative estimate of drug-likeness (QED) is 0.137. The number of carbonyl (C=O) groups is 1. The topological polar surface area (TPSA) is 198 Å². The molecule has 2 aromatic carbocycles. The number of aromatic nitrogens is 2. The molecule has 16 heteroatoms. The van der Waals surface area contributed by atoms with Crippen LogP contribution >= 0.6 is 0 Å². The van der Waals surface area contributed by atoms with Gasteiger partial charge >= 0.3 is 0 Å². The van der Waals surface area contributed by atoms with E-state index in [1.807, 2.05) is 6.11 Å². The van der Waals surface area contributed by atoms with Gasteiger partial charge in [0.25, 0.3) is 37.6 Å². The number of hydrogen-bond donors (Lipinski definition) is 3. The molecule has 3 aromatic rings. The Labute approximate surface area is 245 Å². The SMILES string of the molecule is C#COC1=NN(c2ccc(S(=O)(=O)O)cc2)C(=O)/C1=C\C=CC=Cc1c(OCC)[nH]n(-c2ccc(S(=O)(=O)O)cc2)c1=O. The molecule has 1 aliphatic rings. The van der Waals surface area contributed by atoms with E-state index in [0.29, 0.717) is 0 Å². The van der Waals surface area contributed by atoms with Crippen molar-refractivity contribution in [3.63, 3.8) is 0 Å². The van der Waals surface area contributed by atoms with E-state index in [1.54, 1.807) is 6.92 Å². The molecule has 0 bridgehead atoms. The zero-order valence-corrected chi connectivity index (χ0v) is 23.7. The van der Waals surface area contributed by atoms with Crippen LogP contribution in [0.25, 0.3) is 11.8 Å². The van der Waals surface area contributed by atoms with Crippen LogP contribution in [0.3, 0.4) is 0 Å². The molecule has 0 spiro atoms. The molecular formula is C27H22N4O10S2. The van der Waals surface area contributed by atoms with Crippen LogP contribution in [0.1, 0.15) is 12.5 Å². The zero-order chi connectivity index (χ0) is 31.4. The number of amides is 1. The molecule has 1 amide bonds. The van der Waals surface area contributed by atoms with Crippen LogP contribution < -0.4 is 15.3 Å². The number of hydrazone groups is 1. The normalized spacial score (nSPS) is 14.9. The summed E-state index contributed by atoms with van der Waals surface area (Å²) in [6.45, 7) is 1.96. The van der Waals surface area contributed by atoms with Crippen molar-refractivity contribution in [2.24, 2.45) is 5.10 Å². The number of ether oxygens (including phenoxy) is 2. The van der Waals surface area contributed by atoms with Crippen LogP contribution in [0.15, 0.2) is 98.1 Å². The fourth-order valence-corrected chi connectivity index (χ4v) is 4.71. The minimum Gasteiger partial charge on any atom is -0.478 e. The summed E-state index contributed by atoms with van der Waals surface area (Å²) in [5.41, 5.74) is 0.0869. The number of terminal acetylenes is 1. The predicted molar refractivity (Wildman–Crippen MR) is 155 cm³/mol. The Bertz CT molecular complexity index is 1990. The largest absolute Gasteiger partial charge is 0.478 e. The van der Waals surface area contributed by atoms with Crippen molar-refractivity contribution in [1.82, 2.24) is 9.78 Å². The summed E-state index contributed by atoms with van der Waals surface area (Å²) in [7, 11) is -8.83. The second-order valence-corrected chi connectivity index (χ2v) is 11.3. The van der Waals surface area contributed by atoms with E-state index >= 15 is 0 Å². The molecular weight excluding hydrogens is 604 g/mol.